The minimum absolute atomic E-state index is 0.0966. The number of hydrogen-bond acceptors (Lipinski definition) is 4. The standard InChI is InChI=1S/C19H25NO5S/c1-14-6-8-16(9-7-14)26(24,25)19(10-2-3-11-19)18(23)20-12-4-5-15(13-20)17(21)22/h6-9,15H,2-5,10-13H2,1H3,(H,21,22). The van der Waals surface area contributed by atoms with Crippen molar-refractivity contribution in [3.8, 4) is 0 Å². The molecule has 1 saturated heterocycles. The Bertz CT molecular complexity index is 794. The molecule has 0 radical (unpaired) electrons. The van der Waals surface area contributed by atoms with Crippen molar-refractivity contribution in [2.45, 2.75) is 55.1 Å². The van der Waals surface area contributed by atoms with E-state index in [2.05, 4.69) is 0 Å². The van der Waals surface area contributed by atoms with E-state index in [0.29, 0.717) is 45.1 Å². The number of hydrogen-bond donors (Lipinski definition) is 1. The number of benzene rings is 1. The topological polar surface area (TPSA) is 91.8 Å². The maximum atomic E-state index is 13.4. The predicted molar refractivity (Wildman–Crippen MR) is 96.5 cm³/mol. The first kappa shape index (κ1) is 18.9. The fraction of sp³-hybridized carbons (Fsp3) is 0.579. The van der Waals surface area contributed by atoms with Gasteiger partial charge in [0, 0.05) is 13.1 Å². The van der Waals surface area contributed by atoms with Crippen molar-refractivity contribution < 1.29 is 23.1 Å². The monoisotopic (exact) mass is 379 g/mol. The highest BCUT2D eigenvalue weighted by atomic mass is 32.2. The molecule has 1 aliphatic carbocycles. The van der Waals surface area contributed by atoms with Gasteiger partial charge >= 0.3 is 5.97 Å². The third-order valence-electron chi connectivity index (χ3n) is 5.70. The zero-order valence-corrected chi connectivity index (χ0v) is 15.8. The van der Waals surface area contributed by atoms with E-state index in [-0.39, 0.29) is 11.4 Å². The highest BCUT2D eigenvalue weighted by molar-refractivity contribution is 7.93. The van der Waals surface area contributed by atoms with Gasteiger partial charge in [-0.05, 0) is 44.7 Å². The van der Waals surface area contributed by atoms with Crippen molar-refractivity contribution in [1.82, 2.24) is 4.90 Å². The number of carboxylic acids is 1. The van der Waals surface area contributed by atoms with Crippen molar-refractivity contribution in [3.05, 3.63) is 29.8 Å². The van der Waals surface area contributed by atoms with Crippen LogP contribution in [0.1, 0.15) is 44.1 Å². The van der Waals surface area contributed by atoms with E-state index in [1.54, 1.807) is 24.3 Å². The molecule has 0 bridgehead atoms. The van der Waals surface area contributed by atoms with Crippen molar-refractivity contribution >= 4 is 21.7 Å². The number of carboxylic acid groups (broad SMARTS) is 1. The first-order valence-electron chi connectivity index (χ1n) is 9.11. The number of amides is 1. The quantitative estimate of drug-likeness (QED) is 0.867. The lowest BCUT2D eigenvalue weighted by Crippen LogP contribution is -2.55. The SMILES string of the molecule is Cc1ccc(S(=O)(=O)C2(C(=O)N3CCCC(C(=O)O)C3)CCCC2)cc1. The van der Waals surface area contributed by atoms with E-state index in [1.165, 1.54) is 4.90 Å². The molecule has 1 aromatic rings. The largest absolute Gasteiger partial charge is 0.481 e. The summed E-state index contributed by atoms with van der Waals surface area (Å²) in [6.45, 7) is 2.40. The molecule has 1 unspecified atom stereocenters. The molecule has 1 aliphatic heterocycles. The van der Waals surface area contributed by atoms with Crippen LogP contribution in [0.2, 0.25) is 0 Å². The summed E-state index contributed by atoms with van der Waals surface area (Å²) in [6.07, 6.45) is 3.09. The molecule has 2 fully saturated rings. The second-order valence-electron chi connectivity index (χ2n) is 7.45. The van der Waals surface area contributed by atoms with Gasteiger partial charge in [0.15, 0.2) is 14.6 Å². The molecule has 1 atom stereocenters. The maximum absolute atomic E-state index is 13.4. The molecule has 26 heavy (non-hydrogen) atoms. The lowest BCUT2D eigenvalue weighted by Gasteiger charge is -2.37. The Kier molecular flexibility index (Phi) is 5.10. The van der Waals surface area contributed by atoms with E-state index >= 15 is 0 Å². The van der Waals surface area contributed by atoms with E-state index in [4.69, 9.17) is 0 Å². The zero-order valence-electron chi connectivity index (χ0n) is 15.0. The minimum Gasteiger partial charge on any atom is -0.481 e. The van der Waals surface area contributed by atoms with Crippen molar-refractivity contribution in [2.24, 2.45) is 5.92 Å². The van der Waals surface area contributed by atoms with Gasteiger partial charge < -0.3 is 10.0 Å². The maximum Gasteiger partial charge on any atom is 0.308 e. The first-order valence-corrected chi connectivity index (χ1v) is 10.6. The van der Waals surface area contributed by atoms with Gasteiger partial charge in [-0.15, -0.1) is 0 Å². The lowest BCUT2D eigenvalue weighted by atomic mass is 9.96. The minimum atomic E-state index is -3.84. The Balaban J connectivity index is 1.96. The molecule has 6 nitrogen and oxygen atoms in total. The molecule has 142 valence electrons. The molecular weight excluding hydrogens is 354 g/mol. The van der Waals surface area contributed by atoms with Crippen LogP contribution < -0.4 is 0 Å². The van der Waals surface area contributed by atoms with Crippen LogP contribution in [0.15, 0.2) is 29.2 Å². The van der Waals surface area contributed by atoms with E-state index in [9.17, 15) is 23.1 Å². The van der Waals surface area contributed by atoms with Gasteiger partial charge in [0.05, 0.1) is 10.8 Å². The highest BCUT2D eigenvalue weighted by Gasteiger charge is 2.54. The van der Waals surface area contributed by atoms with Gasteiger partial charge in [-0.3, -0.25) is 9.59 Å². The highest BCUT2D eigenvalue weighted by Crippen LogP contribution is 2.42. The van der Waals surface area contributed by atoms with Crippen molar-refractivity contribution in [1.29, 1.82) is 0 Å². The summed E-state index contributed by atoms with van der Waals surface area (Å²) in [5.41, 5.74) is 0.955. The summed E-state index contributed by atoms with van der Waals surface area (Å²) < 4.78 is 25.4. The fourth-order valence-electron chi connectivity index (χ4n) is 4.14. The summed E-state index contributed by atoms with van der Waals surface area (Å²) in [5, 5.41) is 9.27. The van der Waals surface area contributed by atoms with Crippen LogP contribution in [0.4, 0.5) is 0 Å². The summed E-state index contributed by atoms with van der Waals surface area (Å²) in [7, 11) is -3.84. The van der Waals surface area contributed by atoms with Crippen LogP contribution in [-0.2, 0) is 19.4 Å². The van der Waals surface area contributed by atoms with E-state index < -0.39 is 32.4 Å². The summed E-state index contributed by atoms with van der Waals surface area (Å²) in [5.74, 6) is -1.96. The third-order valence-corrected chi connectivity index (χ3v) is 8.21. The molecule has 1 aromatic carbocycles. The van der Waals surface area contributed by atoms with Gasteiger partial charge in [0.2, 0.25) is 5.91 Å². The molecule has 1 heterocycles. The van der Waals surface area contributed by atoms with Crippen LogP contribution in [0.3, 0.4) is 0 Å². The summed E-state index contributed by atoms with van der Waals surface area (Å²) in [6, 6.07) is 6.60. The smallest absolute Gasteiger partial charge is 0.308 e. The Morgan fingerprint density at radius 1 is 1.12 bits per heavy atom. The van der Waals surface area contributed by atoms with Crippen LogP contribution in [-0.4, -0.2) is 48.1 Å². The number of aryl methyl sites for hydroxylation is 1. The number of nitrogens with zero attached hydrogens (tertiary/aromatic N) is 1. The molecule has 0 spiro atoms. The zero-order chi connectivity index (χ0) is 18.9. The second-order valence-corrected chi connectivity index (χ2v) is 9.71. The normalized spacial score (nSPS) is 23.0. The molecule has 1 saturated carbocycles. The fourth-order valence-corrected chi connectivity index (χ4v) is 6.27. The average Bonchev–Trinajstić information content (AvgIpc) is 3.13. The number of aliphatic carboxylic acids is 1. The molecule has 3 rings (SSSR count). The van der Waals surface area contributed by atoms with E-state index in [0.717, 1.165) is 5.56 Å². The molecular formula is C19H25NO5S. The van der Waals surface area contributed by atoms with Crippen LogP contribution in [0.25, 0.3) is 0 Å². The number of rotatable bonds is 4. The van der Waals surface area contributed by atoms with Gasteiger partial charge in [0.25, 0.3) is 0 Å². The average molecular weight is 379 g/mol. The Labute approximate surface area is 154 Å². The van der Waals surface area contributed by atoms with Gasteiger partial charge in [-0.1, -0.05) is 30.5 Å². The third kappa shape index (κ3) is 3.13. The van der Waals surface area contributed by atoms with Gasteiger partial charge in [-0.2, -0.15) is 0 Å². The molecule has 2 aliphatic rings. The van der Waals surface area contributed by atoms with Gasteiger partial charge in [-0.25, -0.2) is 8.42 Å². The molecule has 1 amide bonds. The molecule has 7 heteroatoms. The summed E-state index contributed by atoms with van der Waals surface area (Å²) in [4.78, 5) is 26.3. The van der Waals surface area contributed by atoms with Crippen molar-refractivity contribution in [2.75, 3.05) is 13.1 Å². The Morgan fingerprint density at radius 3 is 2.31 bits per heavy atom. The molecule has 0 aromatic heterocycles. The number of likely N-dealkylation sites (tertiary alicyclic amines) is 1. The molecule has 1 N–H and O–H groups in total. The van der Waals surface area contributed by atoms with Crippen LogP contribution in [0, 0.1) is 12.8 Å². The van der Waals surface area contributed by atoms with Gasteiger partial charge in [0.1, 0.15) is 0 Å². The first-order chi connectivity index (χ1) is 12.3. The number of piperidine rings is 1. The van der Waals surface area contributed by atoms with Crippen LogP contribution in [0.5, 0.6) is 0 Å². The summed E-state index contributed by atoms with van der Waals surface area (Å²) >= 11 is 0. The second kappa shape index (κ2) is 7.02. The number of carbonyl (C=O) groups is 2. The van der Waals surface area contributed by atoms with Crippen molar-refractivity contribution in [3.63, 3.8) is 0 Å². The van der Waals surface area contributed by atoms with E-state index in [1.807, 2.05) is 6.92 Å². The Morgan fingerprint density at radius 2 is 1.73 bits per heavy atom. The predicted octanol–water partition coefficient (Wildman–Crippen LogP) is 2.40. The Hall–Kier alpha value is -1.89. The number of sulfone groups is 1. The number of carbonyl (C=O) groups excluding carboxylic acids is 1. The lowest BCUT2D eigenvalue weighted by molar-refractivity contribution is -0.146. The van der Waals surface area contributed by atoms with Crippen LogP contribution >= 0.6 is 0 Å².